The number of hydrogen-bond donors (Lipinski definition) is 1. The van der Waals surface area contributed by atoms with Gasteiger partial charge in [0.15, 0.2) is 6.10 Å². The van der Waals surface area contributed by atoms with Gasteiger partial charge in [0, 0.05) is 12.1 Å². The number of halogens is 2. The lowest BCUT2D eigenvalue weighted by Crippen LogP contribution is -2.36. The van der Waals surface area contributed by atoms with Crippen molar-refractivity contribution in [2.75, 3.05) is 0 Å². The Morgan fingerprint density at radius 3 is 2.58 bits per heavy atom. The number of ether oxygens (including phenoxy) is 2. The summed E-state index contributed by atoms with van der Waals surface area (Å²) >= 11 is 0. The molecule has 0 aliphatic carbocycles. The fourth-order valence-corrected chi connectivity index (χ4v) is 2.13. The molecule has 0 spiro atoms. The summed E-state index contributed by atoms with van der Waals surface area (Å²) < 4.78 is 34.8. The molecule has 0 heterocycles. The second-order valence-electron chi connectivity index (χ2n) is 5.28. The molecular weight excluding hydrogens is 316 g/mol. The van der Waals surface area contributed by atoms with Crippen molar-refractivity contribution in [3.63, 3.8) is 0 Å². The summed E-state index contributed by atoms with van der Waals surface area (Å²) in [6.07, 6.45) is -0.713. The predicted molar refractivity (Wildman–Crippen MR) is 86.2 cm³/mol. The van der Waals surface area contributed by atoms with Crippen LogP contribution >= 0.6 is 0 Å². The van der Waals surface area contributed by atoms with Crippen LogP contribution in [-0.4, -0.2) is 18.6 Å². The molecule has 1 N–H and O–H groups in total. The molecule has 2 aromatic carbocycles. The highest BCUT2D eigenvalue weighted by Crippen LogP contribution is 2.20. The Kier molecular flexibility index (Phi) is 6.12. The average molecular weight is 335 g/mol. The Morgan fingerprint density at radius 1 is 1.12 bits per heavy atom. The van der Waals surface area contributed by atoms with Crippen molar-refractivity contribution in [2.24, 2.45) is 0 Å². The molecule has 0 saturated heterocycles. The van der Waals surface area contributed by atoms with Gasteiger partial charge in [0.25, 0.3) is 5.91 Å². The molecule has 0 radical (unpaired) electrons. The zero-order valence-electron chi connectivity index (χ0n) is 13.5. The van der Waals surface area contributed by atoms with Crippen LogP contribution < -0.4 is 14.8 Å². The number of hydrogen-bond acceptors (Lipinski definition) is 3. The summed E-state index contributed by atoms with van der Waals surface area (Å²) in [6, 6.07) is 13.7. The standard InChI is InChI=1S/C18H19F2NO3/c1-12-6-5-8-15(10-12)23-13(2)17(22)21-11-14-7-3-4-9-16(14)24-18(19)20/h3-10,13,18H,11H2,1-2H3,(H,21,22). The minimum Gasteiger partial charge on any atom is -0.481 e. The summed E-state index contributed by atoms with van der Waals surface area (Å²) in [5.74, 6) is 0.294. The van der Waals surface area contributed by atoms with E-state index in [4.69, 9.17) is 4.74 Å². The number of amides is 1. The molecule has 128 valence electrons. The monoisotopic (exact) mass is 335 g/mol. The lowest BCUT2D eigenvalue weighted by molar-refractivity contribution is -0.127. The Morgan fingerprint density at radius 2 is 1.88 bits per heavy atom. The molecule has 6 heteroatoms. The molecule has 0 saturated carbocycles. The predicted octanol–water partition coefficient (Wildman–Crippen LogP) is 3.68. The van der Waals surface area contributed by atoms with E-state index in [1.54, 1.807) is 31.2 Å². The molecule has 0 bridgehead atoms. The van der Waals surface area contributed by atoms with Gasteiger partial charge in [-0.05, 0) is 37.6 Å². The fraction of sp³-hybridized carbons (Fsp3) is 0.278. The van der Waals surface area contributed by atoms with Gasteiger partial charge in [-0.15, -0.1) is 0 Å². The Labute approximate surface area is 139 Å². The molecule has 1 amide bonds. The van der Waals surface area contributed by atoms with Crippen molar-refractivity contribution >= 4 is 5.91 Å². The van der Waals surface area contributed by atoms with E-state index in [1.807, 2.05) is 25.1 Å². The normalized spacial score (nSPS) is 11.9. The van der Waals surface area contributed by atoms with E-state index in [2.05, 4.69) is 10.1 Å². The first kappa shape index (κ1) is 17.7. The highest BCUT2D eigenvalue weighted by molar-refractivity contribution is 5.80. The zero-order valence-corrected chi connectivity index (χ0v) is 13.5. The number of benzene rings is 2. The van der Waals surface area contributed by atoms with Crippen LogP contribution in [0.15, 0.2) is 48.5 Å². The number of para-hydroxylation sites is 1. The van der Waals surface area contributed by atoms with Crippen LogP contribution in [0.4, 0.5) is 8.78 Å². The Balaban J connectivity index is 1.93. The topological polar surface area (TPSA) is 47.6 Å². The minimum absolute atomic E-state index is 0.0417. The van der Waals surface area contributed by atoms with Gasteiger partial charge in [-0.3, -0.25) is 4.79 Å². The Hall–Kier alpha value is -2.63. The van der Waals surface area contributed by atoms with E-state index in [9.17, 15) is 13.6 Å². The maximum atomic E-state index is 12.4. The van der Waals surface area contributed by atoms with Gasteiger partial charge >= 0.3 is 6.61 Å². The highest BCUT2D eigenvalue weighted by Gasteiger charge is 2.16. The molecule has 2 aromatic rings. The van der Waals surface area contributed by atoms with Crippen molar-refractivity contribution in [2.45, 2.75) is 33.1 Å². The van der Waals surface area contributed by atoms with E-state index in [0.29, 0.717) is 11.3 Å². The number of carbonyl (C=O) groups is 1. The molecule has 2 rings (SSSR count). The quantitative estimate of drug-likeness (QED) is 0.840. The number of alkyl halides is 2. The molecule has 24 heavy (non-hydrogen) atoms. The molecule has 0 aliphatic rings. The maximum Gasteiger partial charge on any atom is 0.387 e. The van der Waals surface area contributed by atoms with Gasteiger partial charge in [0.1, 0.15) is 11.5 Å². The second kappa shape index (κ2) is 8.29. The maximum absolute atomic E-state index is 12.4. The lowest BCUT2D eigenvalue weighted by atomic mass is 10.2. The van der Waals surface area contributed by atoms with Gasteiger partial charge in [-0.25, -0.2) is 0 Å². The van der Waals surface area contributed by atoms with Crippen molar-refractivity contribution < 1.29 is 23.0 Å². The SMILES string of the molecule is Cc1cccc(OC(C)C(=O)NCc2ccccc2OC(F)F)c1. The van der Waals surface area contributed by atoms with Gasteiger partial charge in [0.2, 0.25) is 0 Å². The number of carbonyl (C=O) groups excluding carboxylic acids is 1. The van der Waals surface area contributed by atoms with Gasteiger partial charge < -0.3 is 14.8 Å². The molecule has 0 aliphatic heterocycles. The van der Waals surface area contributed by atoms with Crippen molar-refractivity contribution in [1.29, 1.82) is 0 Å². The van der Waals surface area contributed by atoms with Gasteiger partial charge in [0.05, 0.1) is 0 Å². The first-order chi connectivity index (χ1) is 11.5. The van der Waals surface area contributed by atoms with Crippen LogP contribution in [0, 0.1) is 6.92 Å². The molecule has 1 atom stereocenters. The average Bonchev–Trinajstić information content (AvgIpc) is 2.53. The van der Waals surface area contributed by atoms with E-state index in [-0.39, 0.29) is 18.2 Å². The van der Waals surface area contributed by atoms with Crippen molar-refractivity contribution in [3.8, 4) is 11.5 Å². The van der Waals surface area contributed by atoms with Crippen LogP contribution in [-0.2, 0) is 11.3 Å². The van der Waals surface area contributed by atoms with Crippen molar-refractivity contribution in [3.05, 3.63) is 59.7 Å². The molecular formula is C18H19F2NO3. The van der Waals surface area contributed by atoms with E-state index in [1.165, 1.54) is 6.07 Å². The summed E-state index contributed by atoms with van der Waals surface area (Å²) in [5, 5.41) is 2.66. The Bertz CT molecular complexity index is 691. The fourth-order valence-electron chi connectivity index (χ4n) is 2.13. The third kappa shape index (κ3) is 5.22. The van der Waals surface area contributed by atoms with E-state index in [0.717, 1.165) is 5.56 Å². The van der Waals surface area contributed by atoms with Gasteiger partial charge in [-0.2, -0.15) is 8.78 Å². The molecule has 4 nitrogen and oxygen atoms in total. The largest absolute Gasteiger partial charge is 0.481 e. The van der Waals surface area contributed by atoms with Crippen LogP contribution in [0.3, 0.4) is 0 Å². The number of aryl methyl sites for hydroxylation is 1. The first-order valence-electron chi connectivity index (χ1n) is 7.49. The summed E-state index contributed by atoms with van der Waals surface area (Å²) in [7, 11) is 0. The highest BCUT2D eigenvalue weighted by atomic mass is 19.3. The second-order valence-corrected chi connectivity index (χ2v) is 5.28. The van der Waals surface area contributed by atoms with Crippen LogP contribution in [0.25, 0.3) is 0 Å². The zero-order chi connectivity index (χ0) is 17.5. The molecule has 1 unspecified atom stereocenters. The summed E-state index contributed by atoms with van der Waals surface area (Å²) in [4.78, 5) is 12.1. The summed E-state index contributed by atoms with van der Waals surface area (Å²) in [5.41, 5.74) is 1.49. The van der Waals surface area contributed by atoms with Crippen molar-refractivity contribution in [1.82, 2.24) is 5.32 Å². The number of rotatable bonds is 7. The molecule has 0 fully saturated rings. The summed E-state index contributed by atoms with van der Waals surface area (Å²) in [6.45, 7) is 0.713. The molecule has 0 aromatic heterocycles. The first-order valence-corrected chi connectivity index (χ1v) is 7.49. The smallest absolute Gasteiger partial charge is 0.387 e. The van der Waals surface area contributed by atoms with E-state index < -0.39 is 12.7 Å². The third-order valence-electron chi connectivity index (χ3n) is 3.31. The minimum atomic E-state index is -2.91. The van der Waals surface area contributed by atoms with Crippen LogP contribution in [0.2, 0.25) is 0 Å². The lowest BCUT2D eigenvalue weighted by Gasteiger charge is -2.16. The van der Waals surface area contributed by atoms with E-state index >= 15 is 0 Å². The van der Waals surface area contributed by atoms with Crippen LogP contribution in [0.1, 0.15) is 18.1 Å². The number of nitrogens with one attached hydrogen (secondary N) is 1. The third-order valence-corrected chi connectivity index (χ3v) is 3.31. The van der Waals surface area contributed by atoms with Crippen LogP contribution in [0.5, 0.6) is 11.5 Å². The van der Waals surface area contributed by atoms with Gasteiger partial charge in [-0.1, -0.05) is 30.3 Å².